The van der Waals surface area contributed by atoms with Gasteiger partial charge in [0.2, 0.25) is 0 Å². The molecule has 62 valence electrons. The minimum Gasteiger partial charge on any atom is -0.335 e. The lowest BCUT2D eigenvalue weighted by Crippen LogP contribution is -2.36. The molecule has 1 rings (SSSR count). The summed E-state index contributed by atoms with van der Waals surface area (Å²) < 4.78 is 0.990. The fourth-order valence-electron chi connectivity index (χ4n) is 1.11. The Balaban J connectivity index is 2.78. The Hall–Kier alpha value is -0.690. The highest BCUT2D eigenvalue weighted by Crippen LogP contribution is 2.21. The molecule has 1 unspecified atom stereocenters. The third-order valence-corrected chi connectivity index (χ3v) is 2.33. The van der Waals surface area contributed by atoms with E-state index in [0.717, 1.165) is 4.48 Å². The second-order valence-electron chi connectivity index (χ2n) is 4.01. The summed E-state index contributed by atoms with van der Waals surface area (Å²) in [7, 11) is 6.66. The molecule has 1 atom stereocenters. The Morgan fingerprint density at radius 1 is 1.09 bits per heavy atom. The van der Waals surface area contributed by atoms with Gasteiger partial charge in [-0.15, -0.1) is 5.56 Å². The molecule has 0 amide bonds. The summed E-state index contributed by atoms with van der Waals surface area (Å²) in [6.07, 6.45) is 0. The van der Waals surface area contributed by atoms with Gasteiger partial charge in [-0.25, -0.2) is 12.1 Å². The zero-order valence-electron chi connectivity index (χ0n) is 7.83. The minimum atomic E-state index is 0.588. The van der Waals surface area contributed by atoms with E-state index in [2.05, 4.69) is 52.3 Å². The number of rotatable bonds is 2. The first kappa shape index (κ1) is 8.41. The third kappa shape index (κ3) is 1.87. The highest BCUT2D eigenvalue weighted by atomic mass is 15.3. The summed E-state index contributed by atoms with van der Waals surface area (Å²) in [6.45, 7) is 2.26. The van der Waals surface area contributed by atoms with E-state index in [9.17, 15) is 0 Å². The maximum atomic E-state index is 2.26. The predicted molar refractivity (Wildman–Crippen MR) is 48.5 cm³/mol. The van der Waals surface area contributed by atoms with Crippen LogP contribution in [0.1, 0.15) is 18.5 Å². The molecule has 0 aliphatic heterocycles. The van der Waals surface area contributed by atoms with Crippen LogP contribution in [-0.2, 0) is 0 Å². The lowest BCUT2D eigenvalue weighted by atomic mass is 10.1. The van der Waals surface area contributed by atoms with Crippen LogP contribution in [0, 0.1) is 0 Å². The first-order valence-corrected chi connectivity index (χ1v) is 4.04. The standard InChI is InChI=1S/C10H17N/c1-9(11(2,3)4)10-7-5-6-8-10/h5-9H,1-4H3. The van der Waals surface area contributed by atoms with E-state index in [1.165, 1.54) is 5.56 Å². The van der Waals surface area contributed by atoms with Crippen molar-refractivity contribution in [3.05, 3.63) is 29.8 Å². The zero-order valence-corrected chi connectivity index (χ0v) is 7.83. The number of nitrogens with zero attached hydrogens (tertiary/aromatic N) is 1. The lowest BCUT2D eigenvalue weighted by molar-refractivity contribution is -0.900. The maximum absolute atomic E-state index is 2.26. The van der Waals surface area contributed by atoms with Crippen molar-refractivity contribution in [2.24, 2.45) is 0 Å². The highest BCUT2D eigenvalue weighted by Gasteiger charge is 2.15. The van der Waals surface area contributed by atoms with Gasteiger partial charge in [0.1, 0.15) is 0 Å². The molecule has 0 heterocycles. The molecule has 0 aliphatic carbocycles. The van der Waals surface area contributed by atoms with Gasteiger partial charge in [0.15, 0.2) is 0 Å². The molecule has 0 fully saturated rings. The molecule has 1 nitrogen and oxygen atoms in total. The van der Waals surface area contributed by atoms with E-state index in [4.69, 9.17) is 0 Å². The SMILES string of the molecule is CC([c-]1cccc1)[N+](C)(C)C. The fourth-order valence-corrected chi connectivity index (χ4v) is 1.11. The van der Waals surface area contributed by atoms with Gasteiger partial charge in [-0.3, -0.25) is 0 Å². The molecule has 0 radical (unpaired) electrons. The van der Waals surface area contributed by atoms with E-state index in [1.54, 1.807) is 0 Å². The molecule has 0 aromatic heterocycles. The molecule has 0 bridgehead atoms. The molecule has 1 aromatic rings. The maximum Gasteiger partial charge on any atom is 0.0679 e. The van der Waals surface area contributed by atoms with Crippen LogP contribution in [0.4, 0.5) is 0 Å². The van der Waals surface area contributed by atoms with E-state index < -0.39 is 0 Å². The minimum absolute atomic E-state index is 0.588. The van der Waals surface area contributed by atoms with Crippen molar-refractivity contribution < 1.29 is 4.48 Å². The molecule has 0 aliphatic rings. The molecule has 0 N–H and O–H groups in total. The first-order valence-electron chi connectivity index (χ1n) is 4.04. The monoisotopic (exact) mass is 151 g/mol. The lowest BCUT2D eigenvalue weighted by Gasteiger charge is -2.34. The van der Waals surface area contributed by atoms with Gasteiger partial charge in [-0.05, 0) is 6.92 Å². The van der Waals surface area contributed by atoms with Crippen molar-refractivity contribution in [2.45, 2.75) is 13.0 Å². The van der Waals surface area contributed by atoms with Crippen molar-refractivity contribution in [1.82, 2.24) is 0 Å². The van der Waals surface area contributed by atoms with Gasteiger partial charge >= 0.3 is 0 Å². The Labute approximate surface area is 69.2 Å². The average Bonchev–Trinajstić information content (AvgIpc) is 2.34. The van der Waals surface area contributed by atoms with E-state index in [0.29, 0.717) is 6.04 Å². The summed E-state index contributed by atoms with van der Waals surface area (Å²) >= 11 is 0. The van der Waals surface area contributed by atoms with Crippen LogP contribution < -0.4 is 0 Å². The molecule has 0 saturated heterocycles. The zero-order chi connectivity index (χ0) is 8.48. The second-order valence-corrected chi connectivity index (χ2v) is 4.01. The van der Waals surface area contributed by atoms with Crippen LogP contribution in [0.5, 0.6) is 0 Å². The second kappa shape index (κ2) is 2.74. The van der Waals surface area contributed by atoms with E-state index in [-0.39, 0.29) is 0 Å². The third-order valence-electron chi connectivity index (χ3n) is 2.33. The van der Waals surface area contributed by atoms with Crippen molar-refractivity contribution in [2.75, 3.05) is 21.1 Å². The van der Waals surface area contributed by atoms with Crippen LogP contribution in [0.25, 0.3) is 0 Å². The summed E-state index contributed by atoms with van der Waals surface area (Å²) in [4.78, 5) is 0. The summed E-state index contributed by atoms with van der Waals surface area (Å²) in [5.74, 6) is 0. The van der Waals surface area contributed by atoms with Crippen LogP contribution in [0.15, 0.2) is 24.3 Å². The Morgan fingerprint density at radius 2 is 1.55 bits per heavy atom. The van der Waals surface area contributed by atoms with Crippen LogP contribution in [-0.4, -0.2) is 25.6 Å². The largest absolute Gasteiger partial charge is 0.335 e. The summed E-state index contributed by atoms with van der Waals surface area (Å²) in [5.41, 5.74) is 1.43. The number of hydrogen-bond acceptors (Lipinski definition) is 0. The molecule has 1 heteroatoms. The van der Waals surface area contributed by atoms with Gasteiger partial charge in [0, 0.05) is 0 Å². The Kier molecular flexibility index (Phi) is 2.10. The molecule has 1 aromatic carbocycles. The first-order chi connectivity index (χ1) is 5.02. The molecule has 0 saturated carbocycles. The van der Waals surface area contributed by atoms with E-state index in [1.807, 2.05) is 0 Å². The van der Waals surface area contributed by atoms with Gasteiger partial charge < -0.3 is 4.48 Å². The Bertz CT molecular complexity index is 203. The molecule has 11 heavy (non-hydrogen) atoms. The van der Waals surface area contributed by atoms with Crippen LogP contribution in [0.3, 0.4) is 0 Å². The van der Waals surface area contributed by atoms with Crippen molar-refractivity contribution in [3.8, 4) is 0 Å². The Morgan fingerprint density at radius 3 is 1.91 bits per heavy atom. The van der Waals surface area contributed by atoms with Crippen molar-refractivity contribution >= 4 is 0 Å². The van der Waals surface area contributed by atoms with E-state index >= 15 is 0 Å². The van der Waals surface area contributed by atoms with Gasteiger partial charge in [-0.1, -0.05) is 0 Å². The number of quaternary nitrogens is 1. The fraction of sp³-hybridized carbons (Fsp3) is 0.500. The van der Waals surface area contributed by atoms with Crippen LogP contribution >= 0.6 is 0 Å². The number of hydrogen-bond donors (Lipinski definition) is 0. The van der Waals surface area contributed by atoms with Gasteiger partial charge in [0.05, 0.1) is 27.2 Å². The highest BCUT2D eigenvalue weighted by molar-refractivity contribution is 5.18. The van der Waals surface area contributed by atoms with Gasteiger partial charge in [0.25, 0.3) is 0 Å². The quantitative estimate of drug-likeness (QED) is 0.449. The topological polar surface area (TPSA) is 0 Å². The van der Waals surface area contributed by atoms with Crippen LogP contribution in [0.2, 0.25) is 0 Å². The predicted octanol–water partition coefficient (Wildman–Crippen LogP) is 2.17. The van der Waals surface area contributed by atoms with Crippen molar-refractivity contribution in [3.63, 3.8) is 0 Å². The molecular weight excluding hydrogens is 134 g/mol. The average molecular weight is 151 g/mol. The van der Waals surface area contributed by atoms with Crippen molar-refractivity contribution in [1.29, 1.82) is 0 Å². The van der Waals surface area contributed by atoms with Gasteiger partial charge in [-0.2, -0.15) is 12.1 Å². The summed E-state index contributed by atoms with van der Waals surface area (Å²) in [6, 6.07) is 9.16. The molecular formula is C10H17N. The molecule has 0 spiro atoms. The smallest absolute Gasteiger partial charge is 0.0679 e. The normalized spacial score (nSPS) is 14.9. The summed E-state index contributed by atoms with van der Waals surface area (Å²) in [5, 5.41) is 0.